The minimum absolute atomic E-state index is 0.228. The number of fused-ring (bicyclic) bond motifs is 3. The average Bonchev–Trinajstić information content (AvgIpc) is 2.85. The van der Waals surface area contributed by atoms with E-state index in [0.29, 0.717) is 5.56 Å². The minimum atomic E-state index is -0.429. The summed E-state index contributed by atoms with van der Waals surface area (Å²) < 4.78 is 2.23. The van der Waals surface area contributed by atoms with Crippen LogP contribution in [0.25, 0.3) is 21.8 Å². The maximum Gasteiger partial charge on any atom is 0.280 e. The van der Waals surface area contributed by atoms with E-state index in [2.05, 4.69) is 26.6 Å². The molecule has 0 aliphatic heterocycles. The van der Waals surface area contributed by atoms with E-state index in [1.807, 2.05) is 38.4 Å². The number of amides is 1. The summed E-state index contributed by atoms with van der Waals surface area (Å²) in [7, 11) is 4.09. The molecule has 3 aromatic rings. The van der Waals surface area contributed by atoms with Crippen molar-refractivity contribution in [3.63, 3.8) is 0 Å². The van der Waals surface area contributed by atoms with Gasteiger partial charge in [0.1, 0.15) is 0 Å². The third kappa shape index (κ3) is 2.96. The molecule has 0 fully saturated rings. The van der Waals surface area contributed by atoms with E-state index in [1.165, 1.54) is 5.39 Å². The average molecular weight is 323 g/mol. The van der Waals surface area contributed by atoms with Crippen molar-refractivity contribution >= 4 is 33.7 Å². The summed E-state index contributed by atoms with van der Waals surface area (Å²) in [6.07, 6.45) is 0. The molecule has 3 rings (SSSR count). The molecule has 0 saturated heterocycles. The SMILES string of the molecule is CN(C)CCn1c2ccccc2c2ccc(C(=O)N=C(N)N)cc21. The third-order valence-electron chi connectivity index (χ3n) is 4.02. The number of guanidine groups is 1. The molecule has 0 saturated carbocycles. The first-order valence-corrected chi connectivity index (χ1v) is 7.77. The molecule has 24 heavy (non-hydrogen) atoms. The highest BCUT2D eigenvalue weighted by atomic mass is 16.1. The maximum absolute atomic E-state index is 12.1. The molecular formula is C18H21N5O. The summed E-state index contributed by atoms with van der Waals surface area (Å²) in [6, 6.07) is 13.8. The van der Waals surface area contributed by atoms with Crippen LogP contribution in [0, 0.1) is 0 Å². The minimum Gasteiger partial charge on any atom is -0.370 e. The second-order valence-corrected chi connectivity index (χ2v) is 6.05. The van der Waals surface area contributed by atoms with Crippen LogP contribution in [0.15, 0.2) is 47.5 Å². The van der Waals surface area contributed by atoms with Gasteiger partial charge in [0.2, 0.25) is 0 Å². The van der Waals surface area contributed by atoms with Crippen LogP contribution >= 0.6 is 0 Å². The van der Waals surface area contributed by atoms with Crippen molar-refractivity contribution in [1.29, 1.82) is 0 Å². The number of aromatic nitrogens is 1. The Balaban J connectivity index is 2.19. The Morgan fingerprint density at radius 1 is 1.08 bits per heavy atom. The van der Waals surface area contributed by atoms with Gasteiger partial charge in [0.25, 0.3) is 5.91 Å². The van der Waals surface area contributed by atoms with Crippen LogP contribution in [0.2, 0.25) is 0 Å². The zero-order chi connectivity index (χ0) is 17.3. The van der Waals surface area contributed by atoms with Crippen molar-refractivity contribution < 1.29 is 4.79 Å². The Bertz CT molecular complexity index is 935. The van der Waals surface area contributed by atoms with Crippen molar-refractivity contribution in [3.05, 3.63) is 48.0 Å². The van der Waals surface area contributed by atoms with E-state index in [0.717, 1.165) is 29.5 Å². The Kier molecular flexibility index (Phi) is 4.22. The predicted octanol–water partition coefficient (Wildman–Crippen LogP) is 1.77. The highest BCUT2D eigenvalue weighted by molar-refractivity contribution is 6.11. The topological polar surface area (TPSA) is 89.6 Å². The lowest BCUT2D eigenvalue weighted by atomic mass is 10.1. The number of rotatable bonds is 4. The highest BCUT2D eigenvalue weighted by Gasteiger charge is 2.13. The van der Waals surface area contributed by atoms with Gasteiger partial charge in [-0.25, -0.2) is 0 Å². The van der Waals surface area contributed by atoms with Crippen molar-refractivity contribution in [2.75, 3.05) is 20.6 Å². The fraction of sp³-hybridized carbons (Fsp3) is 0.222. The largest absolute Gasteiger partial charge is 0.370 e. The number of nitrogens with zero attached hydrogens (tertiary/aromatic N) is 3. The molecule has 0 bridgehead atoms. The van der Waals surface area contributed by atoms with E-state index in [4.69, 9.17) is 11.5 Å². The van der Waals surface area contributed by atoms with Crippen molar-refractivity contribution in [1.82, 2.24) is 9.47 Å². The second kappa shape index (κ2) is 6.33. The number of aliphatic imine (C=N–C) groups is 1. The number of carbonyl (C=O) groups is 1. The van der Waals surface area contributed by atoms with Crippen LogP contribution in [0.3, 0.4) is 0 Å². The number of likely N-dealkylation sites (N-methyl/N-ethyl adjacent to an activating group) is 1. The molecule has 0 aliphatic rings. The lowest BCUT2D eigenvalue weighted by molar-refractivity contribution is 0.100. The van der Waals surface area contributed by atoms with Crippen molar-refractivity contribution in [3.8, 4) is 0 Å². The van der Waals surface area contributed by atoms with Gasteiger partial charge in [0, 0.05) is 40.5 Å². The van der Waals surface area contributed by atoms with Gasteiger partial charge in [-0.1, -0.05) is 24.3 Å². The van der Waals surface area contributed by atoms with E-state index >= 15 is 0 Å². The summed E-state index contributed by atoms with van der Waals surface area (Å²) in [5.41, 5.74) is 13.3. The lowest BCUT2D eigenvalue weighted by Gasteiger charge is -2.12. The Hall–Kier alpha value is -2.86. The molecule has 2 aromatic carbocycles. The summed E-state index contributed by atoms with van der Waals surface area (Å²) in [6.45, 7) is 1.73. The van der Waals surface area contributed by atoms with Gasteiger partial charge < -0.3 is 20.9 Å². The Labute approximate surface area is 140 Å². The lowest BCUT2D eigenvalue weighted by Crippen LogP contribution is -2.24. The zero-order valence-corrected chi connectivity index (χ0v) is 13.9. The normalized spacial score (nSPS) is 11.3. The maximum atomic E-state index is 12.1. The molecule has 4 N–H and O–H groups in total. The molecule has 6 heteroatoms. The molecule has 1 aromatic heterocycles. The van der Waals surface area contributed by atoms with E-state index in [9.17, 15) is 4.79 Å². The standard InChI is InChI=1S/C18H21N5O/c1-22(2)9-10-23-15-6-4-3-5-13(15)14-8-7-12(11-16(14)23)17(24)21-18(19)20/h3-8,11H,9-10H2,1-2H3,(H4,19,20,21,24). The van der Waals surface area contributed by atoms with Gasteiger partial charge in [-0.15, -0.1) is 0 Å². The number of benzene rings is 2. The summed E-state index contributed by atoms with van der Waals surface area (Å²) in [5.74, 6) is -0.658. The first-order valence-electron chi connectivity index (χ1n) is 7.77. The van der Waals surface area contributed by atoms with Crippen LogP contribution in [0.5, 0.6) is 0 Å². The third-order valence-corrected chi connectivity index (χ3v) is 4.02. The number of hydrogen-bond donors (Lipinski definition) is 2. The van der Waals surface area contributed by atoms with Gasteiger partial charge in [0.05, 0.1) is 0 Å². The molecule has 0 atom stereocenters. The van der Waals surface area contributed by atoms with Gasteiger partial charge in [-0.2, -0.15) is 4.99 Å². The number of para-hydroxylation sites is 1. The van der Waals surface area contributed by atoms with Gasteiger partial charge >= 0.3 is 0 Å². The number of nitrogens with two attached hydrogens (primary N) is 2. The highest BCUT2D eigenvalue weighted by Crippen LogP contribution is 2.29. The van der Waals surface area contributed by atoms with E-state index < -0.39 is 5.91 Å². The predicted molar refractivity (Wildman–Crippen MR) is 98.1 cm³/mol. The molecule has 1 heterocycles. The first kappa shape index (κ1) is 16.0. The molecular weight excluding hydrogens is 302 g/mol. The fourth-order valence-electron chi connectivity index (χ4n) is 2.90. The molecule has 0 aliphatic carbocycles. The van der Waals surface area contributed by atoms with Crippen LogP contribution in [-0.2, 0) is 6.54 Å². The quantitative estimate of drug-likeness (QED) is 0.565. The van der Waals surface area contributed by atoms with Crippen molar-refractivity contribution in [2.45, 2.75) is 6.54 Å². The number of carbonyl (C=O) groups excluding carboxylic acids is 1. The summed E-state index contributed by atoms with van der Waals surface area (Å²) >= 11 is 0. The first-order chi connectivity index (χ1) is 11.5. The molecule has 1 amide bonds. The molecule has 0 unspecified atom stereocenters. The molecule has 124 valence electrons. The molecule has 0 radical (unpaired) electrons. The summed E-state index contributed by atoms with van der Waals surface area (Å²) in [5, 5.41) is 2.29. The zero-order valence-electron chi connectivity index (χ0n) is 13.9. The smallest absolute Gasteiger partial charge is 0.280 e. The second-order valence-electron chi connectivity index (χ2n) is 6.05. The van der Waals surface area contributed by atoms with Crippen LogP contribution in [0.1, 0.15) is 10.4 Å². The monoisotopic (exact) mass is 323 g/mol. The summed E-state index contributed by atoms with van der Waals surface area (Å²) in [4.78, 5) is 17.9. The van der Waals surface area contributed by atoms with Gasteiger partial charge in [-0.3, -0.25) is 4.79 Å². The van der Waals surface area contributed by atoms with Gasteiger partial charge in [-0.05, 0) is 32.3 Å². The molecule has 6 nitrogen and oxygen atoms in total. The van der Waals surface area contributed by atoms with Gasteiger partial charge in [0.15, 0.2) is 5.96 Å². The van der Waals surface area contributed by atoms with Crippen molar-refractivity contribution in [2.24, 2.45) is 16.5 Å². The molecule has 0 spiro atoms. The fourth-order valence-corrected chi connectivity index (χ4v) is 2.90. The van der Waals surface area contributed by atoms with Crippen LogP contribution in [0.4, 0.5) is 0 Å². The number of hydrogen-bond acceptors (Lipinski definition) is 2. The Morgan fingerprint density at radius 2 is 1.79 bits per heavy atom. The van der Waals surface area contributed by atoms with E-state index in [-0.39, 0.29) is 5.96 Å². The Morgan fingerprint density at radius 3 is 2.50 bits per heavy atom. The van der Waals surface area contributed by atoms with E-state index in [1.54, 1.807) is 6.07 Å². The van der Waals surface area contributed by atoms with Crippen LogP contribution in [-0.4, -0.2) is 42.0 Å². The van der Waals surface area contributed by atoms with Crippen LogP contribution < -0.4 is 11.5 Å².